The lowest BCUT2D eigenvalue weighted by Gasteiger charge is -2.26. The summed E-state index contributed by atoms with van der Waals surface area (Å²) in [5.41, 5.74) is 0.150. The number of aliphatic hydroxyl groups is 1. The lowest BCUT2D eigenvalue weighted by Crippen LogP contribution is -2.44. The number of hydrogen-bond donors (Lipinski definition) is 1. The zero-order chi connectivity index (χ0) is 23.9. The minimum absolute atomic E-state index is 0.139. The molecule has 4 rings (SSSR count). The summed E-state index contributed by atoms with van der Waals surface area (Å²) in [5.74, 6) is -1.04. The van der Waals surface area contributed by atoms with Gasteiger partial charge in [-0.15, -0.1) is 0 Å². The summed E-state index contributed by atoms with van der Waals surface area (Å²) in [5, 5.41) is 13.2. The van der Waals surface area contributed by atoms with Crippen LogP contribution >= 0.6 is 11.6 Å². The van der Waals surface area contributed by atoms with Gasteiger partial charge in [-0.2, -0.15) is 0 Å². The van der Waals surface area contributed by atoms with Crippen LogP contribution in [0.3, 0.4) is 0 Å². The zero-order valence-electron chi connectivity index (χ0n) is 19.3. The molecule has 33 heavy (non-hydrogen) atoms. The first-order chi connectivity index (χ1) is 15.8. The third-order valence-electron chi connectivity index (χ3n) is 6.52. The molecular formula is C25H28ClN3O4. The van der Waals surface area contributed by atoms with E-state index in [4.69, 9.17) is 16.3 Å². The van der Waals surface area contributed by atoms with Crippen LogP contribution < -0.4 is 4.90 Å². The molecule has 0 spiro atoms. The van der Waals surface area contributed by atoms with Crippen molar-refractivity contribution in [2.45, 2.75) is 19.4 Å². The summed E-state index contributed by atoms with van der Waals surface area (Å²) in [7, 11) is 3.16. The van der Waals surface area contributed by atoms with Crippen LogP contribution in [0.15, 0.2) is 42.6 Å². The lowest BCUT2D eigenvalue weighted by molar-refractivity contribution is -0.132. The lowest BCUT2D eigenvalue weighted by atomic mass is 9.85. The highest BCUT2D eigenvalue weighted by Crippen LogP contribution is 2.49. The van der Waals surface area contributed by atoms with Gasteiger partial charge in [0.25, 0.3) is 5.91 Å². The molecule has 1 atom stereocenters. The SMILES string of the molecule is CCN(CC)CCN1C(=O)C(O)(c2cccc3ccn(C)c23)c2c(Cl)cc(C(=O)OC)cc21. The number of fused-ring (bicyclic) bond motifs is 2. The van der Waals surface area contributed by atoms with Crippen molar-refractivity contribution in [2.24, 2.45) is 7.05 Å². The minimum atomic E-state index is -1.99. The molecule has 3 aromatic rings. The van der Waals surface area contributed by atoms with E-state index in [0.29, 0.717) is 24.3 Å². The average molecular weight is 470 g/mol. The van der Waals surface area contributed by atoms with E-state index in [0.717, 1.165) is 24.0 Å². The molecule has 1 amide bonds. The molecule has 1 aliphatic rings. The number of nitrogens with zero attached hydrogens (tertiary/aromatic N) is 3. The molecule has 0 aliphatic carbocycles. The van der Waals surface area contributed by atoms with Crippen LogP contribution in [0.4, 0.5) is 5.69 Å². The van der Waals surface area contributed by atoms with E-state index in [1.165, 1.54) is 18.1 Å². The molecule has 0 radical (unpaired) electrons. The number of amides is 1. The summed E-state index contributed by atoms with van der Waals surface area (Å²) in [6.45, 7) is 6.74. The van der Waals surface area contributed by atoms with E-state index in [1.54, 1.807) is 12.1 Å². The number of rotatable bonds is 7. The third kappa shape index (κ3) is 3.60. The Morgan fingerprint density at radius 1 is 1.21 bits per heavy atom. The second-order valence-electron chi connectivity index (χ2n) is 8.21. The van der Waals surface area contributed by atoms with Gasteiger partial charge in [-0.3, -0.25) is 4.79 Å². The Bertz CT molecular complexity index is 1230. The van der Waals surface area contributed by atoms with Gasteiger partial charge in [-0.05, 0) is 36.7 Å². The van der Waals surface area contributed by atoms with Crippen molar-refractivity contribution in [3.8, 4) is 0 Å². The predicted molar refractivity (Wildman–Crippen MR) is 129 cm³/mol. The Kier molecular flexibility index (Phi) is 6.22. The predicted octanol–water partition coefficient (Wildman–Crippen LogP) is 3.54. The Balaban J connectivity index is 1.94. The van der Waals surface area contributed by atoms with Crippen LogP contribution in [0.5, 0.6) is 0 Å². The van der Waals surface area contributed by atoms with E-state index >= 15 is 0 Å². The maximum absolute atomic E-state index is 13.9. The van der Waals surface area contributed by atoms with E-state index in [1.807, 2.05) is 36.0 Å². The molecule has 0 fully saturated rings. The molecule has 1 N–H and O–H groups in total. The number of anilines is 1. The third-order valence-corrected chi connectivity index (χ3v) is 6.82. The van der Waals surface area contributed by atoms with Crippen molar-refractivity contribution < 1.29 is 19.4 Å². The molecule has 1 aromatic heterocycles. The summed E-state index contributed by atoms with van der Waals surface area (Å²) >= 11 is 6.66. The van der Waals surface area contributed by atoms with E-state index in [9.17, 15) is 14.7 Å². The number of para-hydroxylation sites is 1. The van der Waals surface area contributed by atoms with E-state index < -0.39 is 17.5 Å². The van der Waals surface area contributed by atoms with Crippen LogP contribution in [0.1, 0.15) is 35.3 Å². The Morgan fingerprint density at radius 3 is 2.61 bits per heavy atom. The first kappa shape index (κ1) is 23.3. The Morgan fingerprint density at radius 2 is 1.94 bits per heavy atom. The van der Waals surface area contributed by atoms with Crippen LogP contribution in [-0.2, 0) is 22.2 Å². The number of halogens is 1. The highest BCUT2D eigenvalue weighted by molar-refractivity contribution is 6.34. The van der Waals surface area contributed by atoms with Gasteiger partial charge in [0.05, 0.1) is 28.9 Å². The molecular weight excluding hydrogens is 442 g/mol. The summed E-state index contributed by atoms with van der Waals surface area (Å²) in [6.07, 6.45) is 1.89. The van der Waals surface area contributed by atoms with Gasteiger partial charge in [-0.1, -0.05) is 43.6 Å². The molecule has 174 valence electrons. The van der Waals surface area contributed by atoms with Crippen LogP contribution in [0.25, 0.3) is 10.9 Å². The van der Waals surface area contributed by atoms with E-state index in [2.05, 4.69) is 18.7 Å². The number of esters is 1. The summed E-state index contributed by atoms with van der Waals surface area (Å²) in [6, 6.07) is 10.5. The number of methoxy groups -OCH3 is 1. The van der Waals surface area contributed by atoms with Crippen LogP contribution in [0.2, 0.25) is 5.02 Å². The van der Waals surface area contributed by atoms with Crippen molar-refractivity contribution in [1.29, 1.82) is 0 Å². The molecule has 7 nitrogen and oxygen atoms in total. The van der Waals surface area contributed by atoms with Gasteiger partial charge < -0.3 is 24.2 Å². The Labute approximate surface area is 198 Å². The molecule has 8 heteroatoms. The maximum atomic E-state index is 13.9. The molecule has 2 aromatic carbocycles. The largest absolute Gasteiger partial charge is 0.465 e. The summed E-state index contributed by atoms with van der Waals surface area (Å²) < 4.78 is 6.75. The molecule has 0 saturated heterocycles. The van der Waals surface area contributed by atoms with E-state index in [-0.39, 0.29) is 16.1 Å². The van der Waals surface area contributed by atoms with Gasteiger partial charge in [-0.25, -0.2) is 4.79 Å². The quantitative estimate of drug-likeness (QED) is 0.536. The minimum Gasteiger partial charge on any atom is -0.465 e. The van der Waals surface area contributed by atoms with Gasteiger partial charge in [0, 0.05) is 37.5 Å². The normalized spacial score (nSPS) is 17.8. The number of likely N-dealkylation sites (N-methyl/N-ethyl adjacent to an activating group) is 1. The fraction of sp³-hybridized carbons (Fsp3) is 0.360. The molecule has 0 saturated carbocycles. The van der Waals surface area contributed by atoms with Crippen molar-refractivity contribution in [2.75, 3.05) is 38.2 Å². The van der Waals surface area contributed by atoms with Gasteiger partial charge in [0.1, 0.15) is 0 Å². The second-order valence-corrected chi connectivity index (χ2v) is 8.62. The number of benzene rings is 2. The smallest absolute Gasteiger partial charge is 0.337 e. The first-order valence-electron chi connectivity index (χ1n) is 11.0. The fourth-order valence-electron chi connectivity index (χ4n) is 4.71. The number of carbonyl (C=O) groups is 2. The molecule has 1 unspecified atom stereocenters. The topological polar surface area (TPSA) is 75.0 Å². The van der Waals surface area contributed by atoms with Crippen molar-refractivity contribution in [3.05, 3.63) is 64.3 Å². The van der Waals surface area contributed by atoms with Crippen LogP contribution in [-0.4, -0.2) is 59.7 Å². The standard InChI is InChI=1S/C25H28ClN3O4/c1-5-28(6-2)12-13-29-20-15-17(23(30)33-4)14-19(26)21(20)25(32,24(29)31)18-9-7-8-16-10-11-27(3)22(16)18/h7-11,14-15,32H,5-6,12-13H2,1-4H3. The summed E-state index contributed by atoms with van der Waals surface area (Å²) in [4.78, 5) is 29.9. The highest BCUT2D eigenvalue weighted by atomic mass is 35.5. The maximum Gasteiger partial charge on any atom is 0.337 e. The first-order valence-corrected chi connectivity index (χ1v) is 11.4. The number of ether oxygens (including phenoxy) is 1. The van der Waals surface area contributed by atoms with Crippen LogP contribution in [0, 0.1) is 0 Å². The van der Waals surface area contributed by atoms with Crippen molar-refractivity contribution in [3.63, 3.8) is 0 Å². The monoisotopic (exact) mass is 469 g/mol. The highest BCUT2D eigenvalue weighted by Gasteiger charge is 2.53. The van der Waals surface area contributed by atoms with Crippen molar-refractivity contribution >= 4 is 40.1 Å². The second kappa shape index (κ2) is 8.82. The average Bonchev–Trinajstić information content (AvgIpc) is 3.30. The number of hydrogen-bond acceptors (Lipinski definition) is 5. The number of aryl methyl sites for hydroxylation is 1. The van der Waals surface area contributed by atoms with Gasteiger partial charge in [0.15, 0.2) is 5.60 Å². The van der Waals surface area contributed by atoms with Crippen molar-refractivity contribution in [1.82, 2.24) is 9.47 Å². The molecule has 0 bridgehead atoms. The fourth-order valence-corrected chi connectivity index (χ4v) is 5.06. The molecule has 2 heterocycles. The van der Waals surface area contributed by atoms with Gasteiger partial charge >= 0.3 is 5.97 Å². The number of aromatic nitrogens is 1. The Hall–Kier alpha value is -2.87. The molecule has 1 aliphatic heterocycles. The zero-order valence-corrected chi connectivity index (χ0v) is 20.0. The number of carbonyl (C=O) groups excluding carboxylic acids is 2. The van der Waals surface area contributed by atoms with Gasteiger partial charge in [0.2, 0.25) is 0 Å².